The zero-order valence-corrected chi connectivity index (χ0v) is 19.3. The van der Waals surface area contributed by atoms with Crippen LogP contribution in [0.3, 0.4) is 0 Å². The molecule has 6 nitrogen and oxygen atoms in total. The summed E-state index contributed by atoms with van der Waals surface area (Å²) in [7, 11) is 0. The monoisotopic (exact) mass is 439 g/mol. The molecule has 166 valence electrons. The SMILES string of the molecule is CCN(CC)c1ccc(NC(=S)N2CCCN(CC(=O)Nc3ccccc3)CC2)cc1. The Morgan fingerprint density at radius 3 is 2.26 bits per heavy atom. The van der Waals surface area contributed by atoms with Crippen LogP contribution in [0, 0.1) is 0 Å². The molecule has 0 bridgehead atoms. The lowest BCUT2D eigenvalue weighted by Gasteiger charge is -2.25. The van der Waals surface area contributed by atoms with Crippen molar-refractivity contribution in [1.29, 1.82) is 0 Å². The molecule has 1 heterocycles. The normalized spacial score (nSPS) is 14.6. The quantitative estimate of drug-likeness (QED) is 0.639. The lowest BCUT2D eigenvalue weighted by atomic mass is 10.2. The first-order chi connectivity index (χ1) is 15.1. The van der Waals surface area contributed by atoms with Gasteiger partial charge in [-0.2, -0.15) is 0 Å². The van der Waals surface area contributed by atoms with Crippen LogP contribution >= 0.6 is 12.2 Å². The summed E-state index contributed by atoms with van der Waals surface area (Å²) in [5, 5.41) is 7.07. The van der Waals surface area contributed by atoms with E-state index in [1.807, 2.05) is 30.3 Å². The lowest BCUT2D eigenvalue weighted by molar-refractivity contribution is -0.117. The molecule has 0 aliphatic carbocycles. The molecule has 0 radical (unpaired) electrons. The third kappa shape index (κ3) is 6.94. The second kappa shape index (κ2) is 11.7. The Hall–Kier alpha value is -2.64. The molecule has 1 aliphatic rings. The molecule has 2 aromatic carbocycles. The number of para-hydroxylation sites is 1. The molecule has 0 unspecified atom stereocenters. The van der Waals surface area contributed by atoms with Crippen LogP contribution in [0.4, 0.5) is 17.1 Å². The molecule has 0 spiro atoms. The van der Waals surface area contributed by atoms with Crippen molar-refractivity contribution in [3.8, 4) is 0 Å². The highest BCUT2D eigenvalue weighted by Crippen LogP contribution is 2.18. The van der Waals surface area contributed by atoms with Crippen molar-refractivity contribution in [2.45, 2.75) is 20.3 Å². The van der Waals surface area contributed by atoms with Gasteiger partial charge < -0.3 is 20.4 Å². The van der Waals surface area contributed by atoms with Gasteiger partial charge >= 0.3 is 0 Å². The predicted molar refractivity (Wildman–Crippen MR) is 134 cm³/mol. The van der Waals surface area contributed by atoms with Gasteiger partial charge in [-0.15, -0.1) is 0 Å². The van der Waals surface area contributed by atoms with E-state index in [-0.39, 0.29) is 5.91 Å². The second-order valence-electron chi connectivity index (χ2n) is 7.68. The molecule has 7 heteroatoms. The van der Waals surface area contributed by atoms with Crippen LogP contribution in [-0.4, -0.2) is 66.6 Å². The van der Waals surface area contributed by atoms with Crippen LogP contribution in [0.25, 0.3) is 0 Å². The zero-order chi connectivity index (χ0) is 22.1. The van der Waals surface area contributed by atoms with Crippen LogP contribution in [0.5, 0.6) is 0 Å². The van der Waals surface area contributed by atoms with Crippen LogP contribution in [0.15, 0.2) is 54.6 Å². The van der Waals surface area contributed by atoms with E-state index in [9.17, 15) is 4.79 Å². The van der Waals surface area contributed by atoms with Crippen molar-refractivity contribution < 1.29 is 4.79 Å². The van der Waals surface area contributed by atoms with Crippen LogP contribution in [0.2, 0.25) is 0 Å². The number of hydrogen-bond donors (Lipinski definition) is 2. The predicted octanol–water partition coefficient (Wildman–Crippen LogP) is 3.88. The first-order valence-electron chi connectivity index (χ1n) is 11.1. The summed E-state index contributed by atoms with van der Waals surface area (Å²) in [5.74, 6) is 0.0219. The zero-order valence-electron chi connectivity index (χ0n) is 18.5. The van der Waals surface area contributed by atoms with Gasteiger partial charge in [0.2, 0.25) is 5.91 Å². The van der Waals surface area contributed by atoms with E-state index in [2.05, 4.69) is 63.4 Å². The Morgan fingerprint density at radius 1 is 0.903 bits per heavy atom. The topological polar surface area (TPSA) is 50.9 Å². The van der Waals surface area contributed by atoms with Crippen LogP contribution < -0.4 is 15.5 Å². The number of amides is 1. The average Bonchev–Trinajstić information content (AvgIpc) is 3.02. The molecule has 1 aliphatic heterocycles. The number of carbonyl (C=O) groups excluding carboxylic acids is 1. The Kier molecular flexibility index (Phi) is 8.67. The van der Waals surface area contributed by atoms with Gasteiger partial charge in [0.05, 0.1) is 6.54 Å². The van der Waals surface area contributed by atoms with Gasteiger partial charge in [0, 0.05) is 56.3 Å². The summed E-state index contributed by atoms with van der Waals surface area (Å²) in [6.45, 7) is 10.1. The maximum atomic E-state index is 12.4. The molecule has 3 rings (SSSR count). The highest BCUT2D eigenvalue weighted by Gasteiger charge is 2.19. The minimum absolute atomic E-state index is 0.0219. The number of anilines is 3. The number of hydrogen-bond acceptors (Lipinski definition) is 4. The molecule has 1 fully saturated rings. The number of benzene rings is 2. The van der Waals surface area contributed by atoms with Gasteiger partial charge in [-0.3, -0.25) is 9.69 Å². The molecule has 1 amide bonds. The summed E-state index contributed by atoms with van der Waals surface area (Å²) < 4.78 is 0. The Labute approximate surface area is 191 Å². The molecule has 2 N–H and O–H groups in total. The standard InChI is InChI=1S/C24H33N5OS/c1-3-28(4-2)22-13-11-21(12-14-22)26-24(31)29-16-8-15-27(17-18-29)19-23(30)25-20-9-6-5-7-10-20/h5-7,9-14H,3-4,8,15-19H2,1-2H3,(H,25,30)(H,26,31). The van der Waals surface area contributed by atoms with Crippen LogP contribution in [0.1, 0.15) is 20.3 Å². The second-order valence-corrected chi connectivity index (χ2v) is 8.07. The number of nitrogens with zero attached hydrogens (tertiary/aromatic N) is 3. The molecule has 0 atom stereocenters. The fraction of sp³-hybridized carbons (Fsp3) is 0.417. The molecule has 31 heavy (non-hydrogen) atoms. The molecular weight excluding hydrogens is 406 g/mol. The fourth-order valence-corrected chi connectivity index (χ4v) is 4.10. The highest BCUT2D eigenvalue weighted by atomic mass is 32.1. The minimum Gasteiger partial charge on any atom is -0.372 e. The summed E-state index contributed by atoms with van der Waals surface area (Å²) in [5.41, 5.74) is 3.06. The number of carbonyl (C=O) groups is 1. The van der Waals surface area contributed by atoms with Crippen molar-refractivity contribution in [3.63, 3.8) is 0 Å². The van der Waals surface area contributed by atoms with Gasteiger partial charge in [-0.05, 0) is 68.9 Å². The largest absolute Gasteiger partial charge is 0.372 e. The summed E-state index contributed by atoms with van der Waals surface area (Å²) >= 11 is 5.67. The summed E-state index contributed by atoms with van der Waals surface area (Å²) in [6.07, 6.45) is 0.974. The number of nitrogens with one attached hydrogen (secondary N) is 2. The van der Waals surface area contributed by atoms with E-state index in [4.69, 9.17) is 12.2 Å². The number of rotatable bonds is 7. The third-order valence-corrected chi connectivity index (χ3v) is 5.91. The first-order valence-corrected chi connectivity index (χ1v) is 11.5. The lowest BCUT2D eigenvalue weighted by Crippen LogP contribution is -2.39. The Balaban J connectivity index is 1.47. The van der Waals surface area contributed by atoms with E-state index < -0.39 is 0 Å². The molecule has 1 saturated heterocycles. The molecular formula is C24H33N5OS. The van der Waals surface area contributed by atoms with Gasteiger partial charge in [-0.1, -0.05) is 18.2 Å². The Morgan fingerprint density at radius 2 is 1.58 bits per heavy atom. The van der Waals surface area contributed by atoms with Crippen LogP contribution in [-0.2, 0) is 4.79 Å². The molecule has 0 aromatic heterocycles. The van der Waals surface area contributed by atoms with Crippen molar-refractivity contribution in [1.82, 2.24) is 9.80 Å². The molecule has 2 aromatic rings. The smallest absolute Gasteiger partial charge is 0.238 e. The van der Waals surface area contributed by atoms with Crippen molar-refractivity contribution in [3.05, 3.63) is 54.6 Å². The van der Waals surface area contributed by atoms with E-state index >= 15 is 0 Å². The minimum atomic E-state index is 0.0219. The van der Waals surface area contributed by atoms with Crippen molar-refractivity contribution in [2.24, 2.45) is 0 Å². The van der Waals surface area contributed by atoms with Gasteiger partial charge in [0.1, 0.15) is 0 Å². The molecule has 0 saturated carbocycles. The van der Waals surface area contributed by atoms with E-state index in [0.29, 0.717) is 6.54 Å². The average molecular weight is 440 g/mol. The third-order valence-electron chi connectivity index (χ3n) is 5.55. The maximum Gasteiger partial charge on any atom is 0.238 e. The van der Waals surface area contributed by atoms with E-state index in [1.54, 1.807) is 0 Å². The summed E-state index contributed by atoms with van der Waals surface area (Å²) in [6, 6.07) is 18.0. The van der Waals surface area contributed by atoms with Gasteiger partial charge in [0.15, 0.2) is 5.11 Å². The van der Waals surface area contributed by atoms with Crippen molar-refractivity contribution in [2.75, 3.05) is 61.3 Å². The summed E-state index contributed by atoms with van der Waals surface area (Å²) in [4.78, 5) is 19.1. The highest BCUT2D eigenvalue weighted by molar-refractivity contribution is 7.80. The maximum absolute atomic E-state index is 12.4. The fourth-order valence-electron chi connectivity index (χ4n) is 3.80. The van der Waals surface area contributed by atoms with Gasteiger partial charge in [0.25, 0.3) is 0 Å². The number of thiocarbonyl (C=S) groups is 1. The first kappa shape index (κ1) is 23.0. The van der Waals surface area contributed by atoms with E-state index in [1.165, 1.54) is 5.69 Å². The van der Waals surface area contributed by atoms with Gasteiger partial charge in [-0.25, -0.2) is 0 Å². The Bertz CT molecular complexity index is 839. The van der Waals surface area contributed by atoms with Crippen molar-refractivity contribution >= 4 is 40.3 Å². The van der Waals surface area contributed by atoms with E-state index in [0.717, 1.165) is 62.2 Å².